The maximum atomic E-state index is 3.44. The maximum Gasteiger partial charge on any atom is 4.00 e. The van der Waals surface area contributed by atoms with Crippen LogP contribution < -0.4 is 24.8 Å². The van der Waals surface area contributed by atoms with Gasteiger partial charge in [0.05, 0.1) is 0 Å². The van der Waals surface area contributed by atoms with Gasteiger partial charge in [-0.2, -0.15) is 17.2 Å². The summed E-state index contributed by atoms with van der Waals surface area (Å²) in [4.78, 5) is 0. The molecule has 0 fully saturated rings. The van der Waals surface area contributed by atoms with E-state index in [1.165, 1.54) is 36.0 Å². The minimum atomic E-state index is 0. The molecule has 0 aromatic rings. The molecule has 3 heteroatoms. The van der Waals surface area contributed by atoms with Gasteiger partial charge in [0.25, 0.3) is 0 Å². The molecule has 0 radical (unpaired) electrons. The molecular formula is C18H26Cl2Ru. The zero-order valence-electron chi connectivity index (χ0n) is 13.7. The molecule has 0 bridgehead atoms. The Morgan fingerprint density at radius 1 is 1.05 bits per heavy atom. The summed E-state index contributed by atoms with van der Waals surface area (Å²) in [5.41, 5.74) is 4.39. The SMILES string of the molecule is CC1=[C-]C(C)(C)C(C)=C1C.[C-]1=C/C=C\CCCC1.[Cl-].[Cl-].[Ru+4]. The molecule has 0 unspecified atom stereocenters. The third kappa shape index (κ3) is 9.02. The normalized spacial score (nSPS) is 20.3. The van der Waals surface area contributed by atoms with Crippen molar-refractivity contribution in [2.24, 2.45) is 5.41 Å². The van der Waals surface area contributed by atoms with Gasteiger partial charge in [0.1, 0.15) is 0 Å². The van der Waals surface area contributed by atoms with Crippen LogP contribution in [0.5, 0.6) is 0 Å². The second-order valence-electron chi connectivity index (χ2n) is 5.67. The number of rotatable bonds is 0. The van der Waals surface area contributed by atoms with Gasteiger partial charge in [-0.25, -0.2) is 17.7 Å². The van der Waals surface area contributed by atoms with E-state index < -0.39 is 0 Å². The fraction of sp³-hybridized carbons (Fsp3) is 0.556. The summed E-state index contributed by atoms with van der Waals surface area (Å²) in [6.45, 7) is 10.9. The molecule has 0 heterocycles. The van der Waals surface area contributed by atoms with Crippen molar-refractivity contribution in [3.05, 3.63) is 47.1 Å². The topological polar surface area (TPSA) is 0 Å². The van der Waals surface area contributed by atoms with Crippen molar-refractivity contribution in [3.8, 4) is 0 Å². The Hall–Kier alpha value is 0.163. The maximum absolute atomic E-state index is 3.44. The molecule has 2 rings (SSSR count). The smallest absolute Gasteiger partial charge is 1.00 e. The van der Waals surface area contributed by atoms with Crippen LogP contribution in [0.25, 0.3) is 0 Å². The molecule has 0 atom stereocenters. The van der Waals surface area contributed by atoms with Gasteiger partial charge in [-0.15, -0.1) is 13.3 Å². The molecular weight excluding hydrogens is 388 g/mol. The van der Waals surface area contributed by atoms with Gasteiger partial charge in [0.15, 0.2) is 0 Å². The van der Waals surface area contributed by atoms with Crippen LogP contribution >= 0.6 is 0 Å². The number of halogens is 2. The molecule has 0 aromatic carbocycles. The predicted molar refractivity (Wildman–Crippen MR) is 80.0 cm³/mol. The van der Waals surface area contributed by atoms with E-state index >= 15 is 0 Å². The number of hydrogen-bond acceptors (Lipinski definition) is 0. The average molecular weight is 414 g/mol. The molecule has 0 spiro atoms. The third-order valence-electron chi connectivity index (χ3n) is 3.85. The van der Waals surface area contributed by atoms with E-state index in [0.29, 0.717) is 0 Å². The summed E-state index contributed by atoms with van der Waals surface area (Å²) in [6, 6.07) is 0. The van der Waals surface area contributed by atoms with Gasteiger partial charge in [-0.05, 0) is 0 Å². The molecule has 2 aliphatic carbocycles. The van der Waals surface area contributed by atoms with Crippen LogP contribution in [0.4, 0.5) is 0 Å². The summed E-state index contributed by atoms with van der Waals surface area (Å²) in [5.74, 6) is 0. The Morgan fingerprint density at radius 2 is 1.67 bits per heavy atom. The molecule has 2 aliphatic rings. The standard InChI is InChI=1S/C10H15.C8H11.2ClH.Ru/c1-7-6-10(4,5)9(3)8(7)2;1-2-4-6-8-7-5-3-1;;;/h1-5H3;1-3H,4,6-8H2;2*1H;/q2*-1;;;+4/p-2/b;2-1-;;;. The van der Waals surface area contributed by atoms with E-state index in [0.717, 1.165) is 6.42 Å². The van der Waals surface area contributed by atoms with Gasteiger partial charge >= 0.3 is 19.5 Å². The first-order valence-corrected chi connectivity index (χ1v) is 6.97. The molecule has 0 N–H and O–H groups in total. The summed E-state index contributed by atoms with van der Waals surface area (Å²) in [7, 11) is 0. The Bertz CT molecular complexity index is 387. The molecule has 0 saturated heterocycles. The van der Waals surface area contributed by atoms with Crippen molar-refractivity contribution in [1.82, 2.24) is 0 Å². The quantitative estimate of drug-likeness (QED) is 0.374. The van der Waals surface area contributed by atoms with Crippen LogP contribution in [0, 0.1) is 17.6 Å². The predicted octanol–water partition coefficient (Wildman–Crippen LogP) is -0.406. The van der Waals surface area contributed by atoms with Crippen LogP contribution in [-0.2, 0) is 19.5 Å². The van der Waals surface area contributed by atoms with E-state index in [1.54, 1.807) is 0 Å². The first kappa shape index (κ1) is 26.1. The van der Waals surface area contributed by atoms with Crippen LogP contribution in [0.15, 0.2) is 34.9 Å². The van der Waals surface area contributed by atoms with Gasteiger partial charge in [-0.3, -0.25) is 12.2 Å². The monoisotopic (exact) mass is 414 g/mol. The summed E-state index contributed by atoms with van der Waals surface area (Å²) >= 11 is 0. The Kier molecular flexibility index (Phi) is 15.8. The molecule has 0 aliphatic heterocycles. The Balaban J connectivity index is -0.000000274. The van der Waals surface area contributed by atoms with Gasteiger partial charge in [-0.1, -0.05) is 52.4 Å². The van der Waals surface area contributed by atoms with E-state index in [9.17, 15) is 0 Å². The largest absolute Gasteiger partial charge is 4.00 e. The minimum Gasteiger partial charge on any atom is -1.00 e. The summed E-state index contributed by atoms with van der Waals surface area (Å²) in [5, 5.41) is 0. The molecule has 0 saturated carbocycles. The van der Waals surface area contributed by atoms with Crippen molar-refractivity contribution in [1.29, 1.82) is 0 Å². The van der Waals surface area contributed by atoms with E-state index in [1.807, 2.05) is 6.08 Å². The molecule has 21 heavy (non-hydrogen) atoms. The number of allylic oxidation sites excluding steroid dienone is 8. The molecule has 0 aromatic heterocycles. The first-order valence-electron chi connectivity index (χ1n) is 6.97. The van der Waals surface area contributed by atoms with Crippen LogP contribution in [0.3, 0.4) is 0 Å². The fourth-order valence-electron chi connectivity index (χ4n) is 2.21. The summed E-state index contributed by atoms with van der Waals surface area (Å²) < 4.78 is 0. The van der Waals surface area contributed by atoms with Gasteiger partial charge < -0.3 is 24.8 Å². The van der Waals surface area contributed by atoms with Gasteiger partial charge in [0, 0.05) is 0 Å². The van der Waals surface area contributed by atoms with E-state index in [2.05, 4.69) is 58.9 Å². The van der Waals surface area contributed by atoms with Crippen molar-refractivity contribution in [3.63, 3.8) is 0 Å². The second-order valence-corrected chi connectivity index (χ2v) is 5.67. The first-order chi connectivity index (χ1) is 8.45. The molecule has 120 valence electrons. The van der Waals surface area contributed by atoms with Crippen LogP contribution in [0.1, 0.15) is 60.3 Å². The van der Waals surface area contributed by atoms with E-state index in [-0.39, 0.29) is 49.7 Å². The van der Waals surface area contributed by atoms with Crippen molar-refractivity contribution in [2.75, 3.05) is 0 Å². The van der Waals surface area contributed by atoms with Crippen LogP contribution in [-0.4, -0.2) is 0 Å². The average Bonchev–Trinajstić information content (AvgIpc) is 2.41. The summed E-state index contributed by atoms with van der Waals surface area (Å²) in [6.07, 6.45) is 17.9. The number of hydrogen-bond donors (Lipinski definition) is 0. The Morgan fingerprint density at radius 3 is 2.10 bits per heavy atom. The zero-order valence-corrected chi connectivity index (χ0v) is 16.9. The minimum absolute atomic E-state index is 0. The third-order valence-corrected chi connectivity index (χ3v) is 3.85. The van der Waals surface area contributed by atoms with E-state index in [4.69, 9.17) is 0 Å². The van der Waals surface area contributed by atoms with Crippen molar-refractivity contribution >= 4 is 0 Å². The van der Waals surface area contributed by atoms with Crippen LogP contribution in [0.2, 0.25) is 0 Å². The second kappa shape index (κ2) is 12.7. The molecule has 0 nitrogen and oxygen atoms in total. The van der Waals surface area contributed by atoms with Crippen molar-refractivity contribution < 1.29 is 44.3 Å². The van der Waals surface area contributed by atoms with Crippen molar-refractivity contribution in [2.45, 2.75) is 60.3 Å². The fourth-order valence-corrected chi connectivity index (χ4v) is 2.21. The Labute approximate surface area is 156 Å². The zero-order chi connectivity index (χ0) is 13.6. The van der Waals surface area contributed by atoms with Gasteiger partial charge in [0.2, 0.25) is 0 Å². The molecule has 0 amide bonds.